The van der Waals surface area contributed by atoms with Gasteiger partial charge in [-0.1, -0.05) is 39.0 Å². The van der Waals surface area contributed by atoms with Crippen molar-refractivity contribution in [3.05, 3.63) is 35.0 Å². The Hall–Kier alpha value is -1.52. The van der Waals surface area contributed by atoms with Crippen LogP contribution >= 0.6 is 11.6 Å². The molecule has 0 aliphatic carbocycles. The number of para-hydroxylation sites is 1. The van der Waals surface area contributed by atoms with Gasteiger partial charge in [-0.15, -0.1) is 0 Å². The van der Waals surface area contributed by atoms with Crippen molar-refractivity contribution in [3.63, 3.8) is 0 Å². The van der Waals surface area contributed by atoms with Gasteiger partial charge in [-0.3, -0.25) is 4.79 Å². The monoisotopic (exact) mass is 294 g/mol. The van der Waals surface area contributed by atoms with Crippen LogP contribution in [-0.4, -0.2) is 11.9 Å². The van der Waals surface area contributed by atoms with Gasteiger partial charge in [-0.2, -0.15) is 0 Å². The Kier molecular flexibility index (Phi) is 4.06. The van der Waals surface area contributed by atoms with Gasteiger partial charge in [0.15, 0.2) is 5.22 Å². The summed E-state index contributed by atoms with van der Waals surface area (Å²) >= 11 is 6.12. The van der Waals surface area contributed by atoms with Crippen LogP contribution in [-0.2, 0) is 11.3 Å². The summed E-state index contributed by atoms with van der Waals surface area (Å²) in [5, 5.41) is 4.47. The number of carbonyl (C=O) groups is 1. The molecule has 1 heterocycles. The van der Waals surface area contributed by atoms with Crippen LogP contribution in [0.25, 0.3) is 11.0 Å². The zero-order valence-corrected chi connectivity index (χ0v) is 12.6. The number of furan rings is 1. The molecule has 0 unspecified atom stereocenters. The summed E-state index contributed by atoms with van der Waals surface area (Å²) in [6.45, 7) is 6.32. The van der Waals surface area contributed by atoms with Crippen LogP contribution in [0.1, 0.15) is 26.3 Å². The summed E-state index contributed by atoms with van der Waals surface area (Å²) in [7, 11) is 0. The number of primary amides is 1. The molecular weight excluding hydrogens is 276 g/mol. The standard InChI is InChI=1S/C15H19ClN2O2/c1-15(2,3)12(14(17)19)18-8-10-9-6-4-5-7-11(9)20-13(10)16/h4-7,12,18H,8H2,1-3H3,(H2,17,19)/t12-/m1/s1. The van der Waals surface area contributed by atoms with E-state index in [-0.39, 0.29) is 11.3 Å². The first-order valence-electron chi connectivity index (χ1n) is 6.49. The van der Waals surface area contributed by atoms with Crippen molar-refractivity contribution in [2.45, 2.75) is 33.4 Å². The molecule has 3 N–H and O–H groups in total. The molecule has 1 amide bonds. The van der Waals surface area contributed by atoms with Gasteiger partial charge in [0.25, 0.3) is 0 Å². The maximum atomic E-state index is 11.6. The Bertz CT molecular complexity index is 628. The number of amides is 1. The predicted octanol–water partition coefficient (Wildman–Crippen LogP) is 3.08. The smallest absolute Gasteiger partial charge is 0.235 e. The van der Waals surface area contributed by atoms with E-state index in [1.54, 1.807) is 0 Å². The lowest BCUT2D eigenvalue weighted by molar-refractivity contribution is -0.122. The number of nitrogens with two attached hydrogens (primary N) is 1. The van der Waals surface area contributed by atoms with Crippen molar-refractivity contribution in [2.75, 3.05) is 0 Å². The number of nitrogens with one attached hydrogen (secondary N) is 1. The fourth-order valence-electron chi connectivity index (χ4n) is 2.27. The highest BCUT2D eigenvalue weighted by molar-refractivity contribution is 6.30. The van der Waals surface area contributed by atoms with Crippen molar-refractivity contribution >= 4 is 28.5 Å². The van der Waals surface area contributed by atoms with E-state index in [0.29, 0.717) is 11.8 Å². The number of fused-ring (bicyclic) bond motifs is 1. The van der Waals surface area contributed by atoms with Gasteiger partial charge >= 0.3 is 0 Å². The van der Waals surface area contributed by atoms with Crippen molar-refractivity contribution in [2.24, 2.45) is 11.1 Å². The van der Waals surface area contributed by atoms with E-state index in [4.69, 9.17) is 21.8 Å². The van der Waals surface area contributed by atoms with Crippen molar-refractivity contribution < 1.29 is 9.21 Å². The predicted molar refractivity (Wildman–Crippen MR) is 80.5 cm³/mol. The average Bonchev–Trinajstić information content (AvgIpc) is 2.64. The maximum Gasteiger partial charge on any atom is 0.235 e. The summed E-state index contributed by atoms with van der Waals surface area (Å²) in [6.07, 6.45) is 0. The van der Waals surface area contributed by atoms with Crippen molar-refractivity contribution in [1.82, 2.24) is 5.32 Å². The van der Waals surface area contributed by atoms with E-state index in [9.17, 15) is 4.79 Å². The molecule has 20 heavy (non-hydrogen) atoms. The quantitative estimate of drug-likeness (QED) is 0.910. The minimum absolute atomic E-state index is 0.266. The Balaban J connectivity index is 2.24. The van der Waals surface area contributed by atoms with E-state index in [1.807, 2.05) is 45.0 Å². The minimum Gasteiger partial charge on any atom is -0.444 e. The molecule has 1 aromatic heterocycles. The summed E-state index contributed by atoms with van der Waals surface area (Å²) in [6, 6.07) is 7.18. The molecule has 1 atom stereocenters. The van der Waals surface area contributed by atoms with Crippen LogP contribution < -0.4 is 11.1 Å². The maximum absolute atomic E-state index is 11.6. The minimum atomic E-state index is -0.438. The van der Waals surface area contributed by atoms with E-state index < -0.39 is 6.04 Å². The molecule has 0 saturated heterocycles. The highest BCUT2D eigenvalue weighted by Crippen LogP contribution is 2.30. The van der Waals surface area contributed by atoms with E-state index in [0.717, 1.165) is 16.5 Å². The van der Waals surface area contributed by atoms with Gasteiger partial charge < -0.3 is 15.5 Å². The van der Waals surface area contributed by atoms with E-state index in [2.05, 4.69) is 5.32 Å². The zero-order valence-electron chi connectivity index (χ0n) is 11.9. The summed E-state index contributed by atoms with van der Waals surface area (Å²) in [5.41, 5.74) is 6.77. The van der Waals surface area contributed by atoms with Crippen molar-refractivity contribution in [1.29, 1.82) is 0 Å². The van der Waals surface area contributed by atoms with Gasteiger partial charge in [0.2, 0.25) is 5.91 Å². The molecule has 0 aliphatic heterocycles. The normalized spacial score (nSPS) is 13.6. The number of hydrogen-bond donors (Lipinski definition) is 2. The molecule has 5 heteroatoms. The Labute approximate surface area is 123 Å². The highest BCUT2D eigenvalue weighted by Gasteiger charge is 2.29. The van der Waals surface area contributed by atoms with Crippen LogP contribution in [0.5, 0.6) is 0 Å². The molecule has 0 saturated carbocycles. The molecule has 2 aromatic rings. The molecule has 0 radical (unpaired) electrons. The van der Waals surface area contributed by atoms with Gasteiger partial charge in [0.1, 0.15) is 5.58 Å². The second-order valence-electron chi connectivity index (χ2n) is 5.93. The largest absolute Gasteiger partial charge is 0.444 e. The molecule has 0 aliphatic rings. The molecule has 2 rings (SSSR count). The first-order valence-corrected chi connectivity index (χ1v) is 6.87. The van der Waals surface area contributed by atoms with E-state index >= 15 is 0 Å². The molecule has 0 bridgehead atoms. The van der Waals surface area contributed by atoms with Crippen LogP contribution in [0.4, 0.5) is 0 Å². The SMILES string of the molecule is CC(C)(C)[C@H](NCc1c(Cl)oc2ccccc12)C(N)=O. The van der Waals surface area contributed by atoms with Crippen LogP contribution in [0.15, 0.2) is 28.7 Å². The van der Waals surface area contributed by atoms with Gasteiger partial charge in [0, 0.05) is 17.5 Å². The first-order chi connectivity index (χ1) is 9.30. The summed E-state index contributed by atoms with van der Waals surface area (Å²) in [4.78, 5) is 11.6. The second-order valence-corrected chi connectivity index (χ2v) is 6.28. The molecule has 0 spiro atoms. The fraction of sp³-hybridized carbons (Fsp3) is 0.400. The third kappa shape index (κ3) is 2.97. The number of benzene rings is 1. The molecule has 4 nitrogen and oxygen atoms in total. The summed E-state index contributed by atoms with van der Waals surface area (Å²) < 4.78 is 5.49. The first kappa shape index (κ1) is 14.9. The lowest BCUT2D eigenvalue weighted by atomic mass is 9.86. The third-order valence-corrected chi connectivity index (χ3v) is 3.59. The van der Waals surface area contributed by atoms with Crippen LogP contribution in [0.3, 0.4) is 0 Å². The number of hydrogen-bond acceptors (Lipinski definition) is 3. The van der Waals surface area contributed by atoms with Crippen LogP contribution in [0, 0.1) is 5.41 Å². The fourth-order valence-corrected chi connectivity index (χ4v) is 2.52. The average molecular weight is 295 g/mol. The third-order valence-electron chi connectivity index (χ3n) is 3.28. The highest BCUT2D eigenvalue weighted by atomic mass is 35.5. The number of halogens is 1. The molecule has 1 aromatic carbocycles. The Morgan fingerprint density at radius 3 is 2.65 bits per heavy atom. The van der Waals surface area contributed by atoms with Crippen molar-refractivity contribution in [3.8, 4) is 0 Å². The van der Waals surface area contributed by atoms with E-state index in [1.165, 1.54) is 0 Å². The molecule has 108 valence electrons. The van der Waals surface area contributed by atoms with Gasteiger partial charge in [-0.25, -0.2) is 0 Å². The Morgan fingerprint density at radius 1 is 1.40 bits per heavy atom. The Morgan fingerprint density at radius 2 is 2.05 bits per heavy atom. The van der Waals surface area contributed by atoms with Gasteiger partial charge in [0.05, 0.1) is 6.04 Å². The molecule has 0 fully saturated rings. The topological polar surface area (TPSA) is 68.3 Å². The number of carbonyl (C=O) groups excluding carboxylic acids is 1. The molecular formula is C15H19ClN2O2. The lowest BCUT2D eigenvalue weighted by Gasteiger charge is -2.28. The summed E-state index contributed by atoms with van der Waals surface area (Å²) in [5.74, 6) is -0.374. The van der Waals surface area contributed by atoms with Gasteiger partial charge in [-0.05, 0) is 23.1 Å². The second kappa shape index (κ2) is 5.46. The van der Waals surface area contributed by atoms with Crippen LogP contribution in [0.2, 0.25) is 5.22 Å². The zero-order chi connectivity index (χ0) is 14.9. The number of rotatable bonds is 4. The lowest BCUT2D eigenvalue weighted by Crippen LogP contribution is -2.49.